The highest BCUT2D eigenvalue weighted by molar-refractivity contribution is 7.91. The van der Waals surface area contributed by atoms with Gasteiger partial charge >= 0.3 is 0 Å². The number of rotatable bonds is 6. The highest BCUT2D eigenvalue weighted by atomic mass is 35.5. The maximum Gasteiger partial charge on any atom is 0.261 e. The van der Waals surface area contributed by atoms with E-state index in [0.717, 1.165) is 5.56 Å². The van der Waals surface area contributed by atoms with Crippen molar-refractivity contribution in [3.8, 4) is 5.75 Å². The molecule has 1 fully saturated rings. The van der Waals surface area contributed by atoms with E-state index in [2.05, 4.69) is 20.8 Å². The van der Waals surface area contributed by atoms with Gasteiger partial charge in [-0.15, -0.1) is 0 Å². The van der Waals surface area contributed by atoms with Crippen LogP contribution in [0.4, 0.5) is 0 Å². The second-order valence-corrected chi connectivity index (χ2v) is 11.4. The Morgan fingerprint density at radius 2 is 1.87 bits per heavy atom. The van der Waals surface area contributed by atoms with Gasteiger partial charge in [-0.2, -0.15) is 0 Å². The van der Waals surface area contributed by atoms with Crippen LogP contribution in [-0.4, -0.2) is 43.4 Å². The van der Waals surface area contributed by atoms with Crippen molar-refractivity contribution in [2.24, 2.45) is 0 Å². The number of amides is 1. The molecule has 0 bridgehead atoms. The number of carbonyl (C=O) groups is 1. The fraction of sp³-hybridized carbons (Fsp3) is 0.435. The lowest BCUT2D eigenvalue weighted by atomic mass is 9.87. The van der Waals surface area contributed by atoms with Gasteiger partial charge in [0.1, 0.15) is 5.75 Å². The summed E-state index contributed by atoms with van der Waals surface area (Å²) in [7, 11) is -3.12. The monoisotopic (exact) mass is 449 g/mol. The highest BCUT2D eigenvalue weighted by Gasteiger charge is 2.34. The lowest BCUT2D eigenvalue weighted by Crippen LogP contribution is -2.43. The number of carbonyl (C=O) groups excluding carboxylic acids is 1. The quantitative estimate of drug-likeness (QED) is 0.661. The summed E-state index contributed by atoms with van der Waals surface area (Å²) in [6, 6.07) is 14.6. The lowest BCUT2D eigenvalue weighted by molar-refractivity contribution is -0.136. The Hall–Kier alpha value is -2.05. The summed E-state index contributed by atoms with van der Waals surface area (Å²) in [5, 5.41) is 0.578. The van der Waals surface area contributed by atoms with E-state index in [0.29, 0.717) is 23.7 Å². The average molecular weight is 450 g/mol. The molecule has 0 radical (unpaired) electrons. The predicted octanol–water partition coefficient (Wildman–Crippen LogP) is 4.23. The first-order valence-corrected chi connectivity index (χ1v) is 12.2. The van der Waals surface area contributed by atoms with Crippen molar-refractivity contribution in [1.29, 1.82) is 0 Å². The SMILES string of the molecule is CC(C)(C)c1ccc(OCC(=O)N(Cc2cccc(Cl)c2)[C@H]2CCS(=O)(=O)C2)cc1. The standard InChI is InChI=1S/C23H28ClNO4S/c1-23(2,3)18-7-9-21(10-8-18)29-15-22(26)25(20-11-12-30(27,28)16-20)14-17-5-4-6-19(24)13-17/h4-10,13,20H,11-12,14-16H2,1-3H3/t20-/m0/s1. The molecule has 7 heteroatoms. The Labute approximate surface area is 183 Å². The third-order valence-electron chi connectivity index (χ3n) is 5.29. The van der Waals surface area contributed by atoms with Gasteiger partial charge in [-0.3, -0.25) is 4.79 Å². The Morgan fingerprint density at radius 1 is 1.17 bits per heavy atom. The normalized spacial score (nSPS) is 18.2. The first-order chi connectivity index (χ1) is 14.0. The molecule has 0 aromatic heterocycles. The summed E-state index contributed by atoms with van der Waals surface area (Å²) in [6.45, 7) is 6.55. The van der Waals surface area contributed by atoms with Gasteiger partial charge in [-0.05, 0) is 47.2 Å². The van der Waals surface area contributed by atoms with Gasteiger partial charge in [0.05, 0.1) is 11.5 Å². The number of ether oxygens (including phenoxy) is 1. The molecule has 1 aliphatic heterocycles. The van der Waals surface area contributed by atoms with Gasteiger partial charge in [0, 0.05) is 17.6 Å². The van der Waals surface area contributed by atoms with E-state index in [1.54, 1.807) is 17.0 Å². The summed E-state index contributed by atoms with van der Waals surface area (Å²) in [4.78, 5) is 14.6. The molecule has 1 heterocycles. The lowest BCUT2D eigenvalue weighted by Gasteiger charge is -2.28. The van der Waals surface area contributed by atoms with Crippen LogP contribution in [0.3, 0.4) is 0 Å². The molecular formula is C23H28ClNO4S. The summed E-state index contributed by atoms with van der Waals surface area (Å²) in [5.41, 5.74) is 2.07. The van der Waals surface area contributed by atoms with Gasteiger partial charge in [-0.1, -0.05) is 56.6 Å². The molecule has 1 amide bonds. The van der Waals surface area contributed by atoms with Crippen LogP contribution in [0.5, 0.6) is 5.75 Å². The van der Waals surface area contributed by atoms with Gasteiger partial charge in [0.15, 0.2) is 16.4 Å². The average Bonchev–Trinajstić information content (AvgIpc) is 3.03. The van der Waals surface area contributed by atoms with E-state index >= 15 is 0 Å². The number of hydrogen-bond donors (Lipinski definition) is 0. The second-order valence-electron chi connectivity index (χ2n) is 8.77. The molecule has 0 saturated carbocycles. The van der Waals surface area contributed by atoms with Gasteiger partial charge in [0.2, 0.25) is 0 Å². The van der Waals surface area contributed by atoms with E-state index in [1.807, 2.05) is 36.4 Å². The minimum atomic E-state index is -3.12. The minimum Gasteiger partial charge on any atom is -0.484 e. The molecule has 3 rings (SSSR count). The van der Waals surface area contributed by atoms with Crippen LogP contribution in [0.25, 0.3) is 0 Å². The van der Waals surface area contributed by atoms with Crippen LogP contribution in [0.15, 0.2) is 48.5 Å². The van der Waals surface area contributed by atoms with Crippen LogP contribution in [0, 0.1) is 0 Å². The van der Waals surface area contributed by atoms with Gasteiger partial charge in [-0.25, -0.2) is 8.42 Å². The summed E-state index contributed by atoms with van der Waals surface area (Å²) < 4.78 is 29.7. The van der Waals surface area contributed by atoms with E-state index < -0.39 is 9.84 Å². The van der Waals surface area contributed by atoms with E-state index in [-0.39, 0.29) is 35.5 Å². The fourth-order valence-corrected chi connectivity index (χ4v) is 5.50. The van der Waals surface area contributed by atoms with E-state index in [4.69, 9.17) is 16.3 Å². The van der Waals surface area contributed by atoms with Crippen molar-refractivity contribution in [2.45, 2.75) is 45.2 Å². The molecule has 30 heavy (non-hydrogen) atoms. The first kappa shape index (κ1) is 22.6. The first-order valence-electron chi connectivity index (χ1n) is 10.0. The molecule has 5 nitrogen and oxygen atoms in total. The zero-order chi connectivity index (χ0) is 21.9. The zero-order valence-corrected chi connectivity index (χ0v) is 19.2. The molecule has 0 unspecified atom stereocenters. The van der Waals surface area contributed by atoms with Crippen LogP contribution in [-0.2, 0) is 26.6 Å². The van der Waals surface area contributed by atoms with Crippen LogP contribution < -0.4 is 4.74 Å². The summed E-state index contributed by atoms with van der Waals surface area (Å²) in [6.07, 6.45) is 0.439. The van der Waals surface area contributed by atoms with E-state index in [1.165, 1.54) is 5.56 Å². The summed E-state index contributed by atoms with van der Waals surface area (Å²) >= 11 is 6.07. The third-order valence-corrected chi connectivity index (χ3v) is 7.28. The molecule has 1 aliphatic rings. The van der Waals surface area contributed by atoms with Crippen LogP contribution >= 0.6 is 11.6 Å². The molecule has 1 saturated heterocycles. The Balaban J connectivity index is 1.71. The highest BCUT2D eigenvalue weighted by Crippen LogP contribution is 2.25. The predicted molar refractivity (Wildman–Crippen MR) is 120 cm³/mol. The number of hydrogen-bond acceptors (Lipinski definition) is 4. The maximum atomic E-state index is 13.0. The number of benzene rings is 2. The molecule has 2 aromatic carbocycles. The van der Waals surface area contributed by atoms with E-state index in [9.17, 15) is 13.2 Å². The fourth-order valence-electron chi connectivity index (χ4n) is 3.55. The smallest absolute Gasteiger partial charge is 0.261 e. The van der Waals surface area contributed by atoms with Crippen molar-refractivity contribution in [2.75, 3.05) is 18.1 Å². The molecule has 162 valence electrons. The van der Waals surface area contributed by atoms with Gasteiger partial charge in [0.25, 0.3) is 5.91 Å². The Bertz CT molecular complexity index is 997. The largest absolute Gasteiger partial charge is 0.484 e. The molecule has 2 aromatic rings. The van der Waals surface area contributed by atoms with Crippen molar-refractivity contribution >= 4 is 27.3 Å². The van der Waals surface area contributed by atoms with Crippen molar-refractivity contribution in [3.05, 3.63) is 64.7 Å². The number of sulfone groups is 1. The van der Waals surface area contributed by atoms with Gasteiger partial charge < -0.3 is 9.64 Å². The Kier molecular flexibility index (Phi) is 6.78. The van der Waals surface area contributed by atoms with Crippen molar-refractivity contribution in [1.82, 2.24) is 4.90 Å². The molecular weight excluding hydrogens is 422 g/mol. The minimum absolute atomic E-state index is 0.0143. The van der Waals surface area contributed by atoms with Crippen LogP contribution in [0.1, 0.15) is 38.3 Å². The third kappa shape index (κ3) is 5.99. The zero-order valence-electron chi connectivity index (χ0n) is 17.6. The topological polar surface area (TPSA) is 63.7 Å². The molecule has 0 spiro atoms. The van der Waals surface area contributed by atoms with Crippen molar-refractivity contribution < 1.29 is 17.9 Å². The maximum absolute atomic E-state index is 13.0. The number of nitrogens with zero attached hydrogens (tertiary/aromatic N) is 1. The Morgan fingerprint density at radius 3 is 2.43 bits per heavy atom. The summed E-state index contributed by atoms with van der Waals surface area (Å²) in [5.74, 6) is 0.459. The van der Waals surface area contributed by atoms with Crippen molar-refractivity contribution in [3.63, 3.8) is 0 Å². The second kappa shape index (κ2) is 8.98. The molecule has 0 aliphatic carbocycles. The molecule has 1 atom stereocenters. The van der Waals surface area contributed by atoms with Crippen LogP contribution in [0.2, 0.25) is 5.02 Å². The number of halogens is 1. The molecule has 0 N–H and O–H groups in total.